The third kappa shape index (κ3) is 5.28. The molecule has 132 valence electrons. The van der Waals surface area contributed by atoms with Crippen molar-refractivity contribution in [3.8, 4) is 0 Å². The molecule has 0 aliphatic carbocycles. The summed E-state index contributed by atoms with van der Waals surface area (Å²) >= 11 is 0. The highest BCUT2D eigenvalue weighted by Gasteiger charge is 2.31. The molecule has 24 heavy (non-hydrogen) atoms. The van der Waals surface area contributed by atoms with Crippen molar-refractivity contribution in [3.63, 3.8) is 0 Å². The summed E-state index contributed by atoms with van der Waals surface area (Å²) in [4.78, 5) is 26.4. The minimum Gasteiger partial charge on any atom is -0.351 e. The lowest BCUT2D eigenvalue weighted by molar-refractivity contribution is -1.01. The maximum Gasteiger partial charge on any atom is 0.279 e. The third-order valence-electron chi connectivity index (χ3n) is 4.47. The predicted octanol–water partition coefficient (Wildman–Crippen LogP) is -1.93. The molecule has 2 amide bonds. The molecule has 0 aromatic heterocycles. The monoisotopic (exact) mass is 338 g/mol. The van der Waals surface area contributed by atoms with E-state index in [1.54, 1.807) is 12.1 Å². The van der Waals surface area contributed by atoms with Gasteiger partial charge in [0.2, 0.25) is 0 Å². The number of piperazine rings is 1. The van der Waals surface area contributed by atoms with Gasteiger partial charge in [0.1, 0.15) is 32.0 Å². The first-order chi connectivity index (χ1) is 11.5. The molecule has 0 spiro atoms. The van der Waals surface area contributed by atoms with Gasteiger partial charge in [-0.1, -0.05) is 6.07 Å². The van der Waals surface area contributed by atoms with Crippen LogP contribution in [0.5, 0.6) is 0 Å². The molecule has 1 heterocycles. The normalized spacial score (nSPS) is 21.8. The second-order valence-corrected chi connectivity index (χ2v) is 6.26. The summed E-state index contributed by atoms with van der Waals surface area (Å²) in [5, 5.41) is 5.58. The molecule has 4 N–H and O–H groups in total. The topological polar surface area (TPSA) is 67.1 Å². The lowest BCUT2D eigenvalue weighted by Crippen LogP contribution is -3.30. The molecule has 1 aliphatic heterocycles. The minimum atomic E-state index is -0.364. The van der Waals surface area contributed by atoms with Crippen molar-refractivity contribution in [2.45, 2.75) is 19.9 Å². The second kappa shape index (κ2) is 8.75. The molecular formula is C17H27FN4O2+2. The van der Waals surface area contributed by atoms with Crippen molar-refractivity contribution in [2.75, 3.05) is 44.6 Å². The Labute approximate surface area is 142 Å². The first-order valence-corrected chi connectivity index (χ1v) is 8.51. The van der Waals surface area contributed by atoms with Crippen molar-refractivity contribution in [2.24, 2.45) is 0 Å². The van der Waals surface area contributed by atoms with Crippen molar-refractivity contribution >= 4 is 17.5 Å². The van der Waals surface area contributed by atoms with Gasteiger partial charge < -0.3 is 20.4 Å². The van der Waals surface area contributed by atoms with E-state index in [0.29, 0.717) is 18.8 Å². The first kappa shape index (κ1) is 18.4. The molecule has 1 aliphatic rings. The molecule has 1 aromatic rings. The molecule has 1 fully saturated rings. The molecule has 0 radical (unpaired) electrons. The van der Waals surface area contributed by atoms with Gasteiger partial charge in [-0.3, -0.25) is 9.59 Å². The van der Waals surface area contributed by atoms with Crippen LogP contribution in [0.15, 0.2) is 24.3 Å². The Bertz CT molecular complexity index is 573. The van der Waals surface area contributed by atoms with Crippen LogP contribution in [-0.4, -0.2) is 57.1 Å². The van der Waals surface area contributed by atoms with Crippen LogP contribution in [0.25, 0.3) is 0 Å². The molecule has 2 rings (SSSR count). The molecule has 0 unspecified atom stereocenters. The Kier molecular flexibility index (Phi) is 6.69. The van der Waals surface area contributed by atoms with Gasteiger partial charge >= 0.3 is 0 Å². The molecule has 0 saturated carbocycles. The number of benzene rings is 1. The highest BCUT2D eigenvalue weighted by molar-refractivity contribution is 5.91. The van der Waals surface area contributed by atoms with Gasteiger partial charge in [0.25, 0.3) is 11.8 Å². The number of carbonyl (C=O) groups is 2. The quantitative estimate of drug-likeness (QED) is 0.488. The number of hydrogen-bond donors (Lipinski definition) is 4. The van der Waals surface area contributed by atoms with Gasteiger partial charge in [0.05, 0.1) is 0 Å². The molecule has 7 heteroatoms. The van der Waals surface area contributed by atoms with E-state index in [2.05, 4.69) is 10.6 Å². The lowest BCUT2D eigenvalue weighted by Gasteiger charge is -2.32. The minimum absolute atomic E-state index is 0.0624. The van der Waals surface area contributed by atoms with Gasteiger partial charge in [-0.2, -0.15) is 0 Å². The van der Waals surface area contributed by atoms with Crippen LogP contribution in [0.2, 0.25) is 0 Å². The van der Waals surface area contributed by atoms with Gasteiger partial charge in [0.15, 0.2) is 12.6 Å². The Morgan fingerprint density at radius 1 is 1.25 bits per heavy atom. The van der Waals surface area contributed by atoms with E-state index in [1.807, 2.05) is 13.8 Å². The Morgan fingerprint density at radius 3 is 2.58 bits per heavy atom. The van der Waals surface area contributed by atoms with Crippen LogP contribution in [0, 0.1) is 5.82 Å². The van der Waals surface area contributed by atoms with Gasteiger partial charge in [0, 0.05) is 12.2 Å². The van der Waals surface area contributed by atoms with Gasteiger partial charge in [-0.15, -0.1) is 0 Å². The van der Waals surface area contributed by atoms with E-state index in [4.69, 9.17) is 0 Å². The Balaban J connectivity index is 1.76. The van der Waals surface area contributed by atoms with Crippen molar-refractivity contribution < 1.29 is 23.8 Å². The fourth-order valence-electron chi connectivity index (χ4n) is 3.05. The number of quaternary nitrogens is 2. The number of anilines is 1. The maximum absolute atomic E-state index is 13.1. The number of likely N-dealkylation sites (N-methyl/N-ethyl adjacent to an activating group) is 1. The summed E-state index contributed by atoms with van der Waals surface area (Å²) in [6.45, 7) is 8.28. The fraction of sp³-hybridized carbons (Fsp3) is 0.529. The van der Waals surface area contributed by atoms with Crippen LogP contribution in [0.1, 0.15) is 13.8 Å². The molecule has 6 nitrogen and oxygen atoms in total. The number of rotatable bonds is 6. The van der Waals surface area contributed by atoms with Crippen LogP contribution in [0.3, 0.4) is 0 Å². The SMILES string of the molecule is CCNC(=O)[C@H](C)[NH+]1CC[NH+](CC(=O)Nc2cccc(F)c2)CC1. The van der Waals surface area contributed by atoms with E-state index in [-0.39, 0.29) is 23.7 Å². The van der Waals surface area contributed by atoms with Crippen LogP contribution < -0.4 is 20.4 Å². The van der Waals surface area contributed by atoms with E-state index in [9.17, 15) is 14.0 Å². The average molecular weight is 338 g/mol. The van der Waals surface area contributed by atoms with Crippen LogP contribution in [-0.2, 0) is 9.59 Å². The summed E-state index contributed by atoms with van der Waals surface area (Å²) in [5.74, 6) is -0.396. The Hall–Kier alpha value is -1.99. The Morgan fingerprint density at radius 2 is 1.96 bits per heavy atom. The van der Waals surface area contributed by atoms with Crippen molar-refractivity contribution in [1.29, 1.82) is 0 Å². The number of hydrogen-bond acceptors (Lipinski definition) is 2. The molecule has 0 bridgehead atoms. The number of nitrogens with one attached hydrogen (secondary N) is 4. The molecular weight excluding hydrogens is 311 g/mol. The maximum atomic E-state index is 13.1. The third-order valence-corrected chi connectivity index (χ3v) is 4.47. The standard InChI is InChI=1S/C17H25FN4O2/c1-3-19-17(24)13(2)22-9-7-21(8-10-22)12-16(23)20-15-6-4-5-14(18)11-15/h4-6,11,13H,3,7-10,12H2,1-2H3,(H,19,24)(H,20,23)/p+2/t13-/m0/s1. The number of amides is 2. The van der Waals surface area contributed by atoms with Crippen molar-refractivity contribution in [3.05, 3.63) is 30.1 Å². The van der Waals surface area contributed by atoms with E-state index >= 15 is 0 Å². The largest absolute Gasteiger partial charge is 0.351 e. The van der Waals surface area contributed by atoms with Crippen LogP contribution >= 0.6 is 0 Å². The van der Waals surface area contributed by atoms with E-state index in [1.165, 1.54) is 21.9 Å². The lowest BCUT2D eigenvalue weighted by atomic mass is 10.2. The van der Waals surface area contributed by atoms with Crippen LogP contribution in [0.4, 0.5) is 10.1 Å². The predicted molar refractivity (Wildman–Crippen MR) is 89.4 cm³/mol. The average Bonchev–Trinajstić information content (AvgIpc) is 2.55. The zero-order valence-corrected chi connectivity index (χ0v) is 14.3. The molecule has 1 aromatic carbocycles. The number of carbonyl (C=O) groups excluding carboxylic acids is 2. The van der Waals surface area contributed by atoms with E-state index < -0.39 is 0 Å². The zero-order chi connectivity index (χ0) is 17.5. The van der Waals surface area contributed by atoms with Gasteiger partial charge in [-0.05, 0) is 32.0 Å². The van der Waals surface area contributed by atoms with Gasteiger partial charge in [-0.25, -0.2) is 4.39 Å². The summed E-state index contributed by atoms with van der Waals surface area (Å²) in [5.41, 5.74) is 0.480. The smallest absolute Gasteiger partial charge is 0.279 e. The zero-order valence-electron chi connectivity index (χ0n) is 14.3. The first-order valence-electron chi connectivity index (χ1n) is 8.51. The molecule has 1 saturated heterocycles. The highest BCUT2D eigenvalue weighted by Crippen LogP contribution is 2.08. The fourth-order valence-corrected chi connectivity index (χ4v) is 3.05. The summed E-state index contributed by atoms with van der Waals surface area (Å²) in [6, 6.07) is 5.84. The highest BCUT2D eigenvalue weighted by atomic mass is 19.1. The molecule has 1 atom stereocenters. The second-order valence-electron chi connectivity index (χ2n) is 6.26. The summed E-state index contributed by atoms with van der Waals surface area (Å²) < 4.78 is 13.1. The summed E-state index contributed by atoms with van der Waals surface area (Å²) in [7, 11) is 0. The number of halogens is 1. The summed E-state index contributed by atoms with van der Waals surface area (Å²) in [6.07, 6.45) is 0. The van der Waals surface area contributed by atoms with Crippen molar-refractivity contribution in [1.82, 2.24) is 5.32 Å². The van der Waals surface area contributed by atoms with E-state index in [0.717, 1.165) is 26.2 Å².